The molecule has 0 aliphatic carbocycles. The van der Waals surface area contributed by atoms with E-state index in [2.05, 4.69) is 4.90 Å². The number of phenolic OH excluding ortho intramolecular Hbond substituents is 1. The molecule has 0 radical (unpaired) electrons. The quantitative estimate of drug-likeness (QED) is 0.820. The van der Waals surface area contributed by atoms with Gasteiger partial charge in [0.2, 0.25) is 0 Å². The second kappa shape index (κ2) is 5.53. The van der Waals surface area contributed by atoms with Crippen molar-refractivity contribution in [3.05, 3.63) is 29.8 Å². The van der Waals surface area contributed by atoms with Crippen LogP contribution in [0.4, 0.5) is 0 Å². The number of morpholine rings is 1. The first-order valence-corrected chi connectivity index (χ1v) is 5.98. The molecule has 0 saturated carbocycles. The lowest BCUT2D eigenvalue weighted by Gasteiger charge is -2.34. The predicted octanol–water partition coefficient (Wildman–Crippen LogP) is 1.83. The van der Waals surface area contributed by atoms with E-state index in [1.54, 1.807) is 12.1 Å². The van der Waals surface area contributed by atoms with Gasteiger partial charge in [0, 0.05) is 25.0 Å². The predicted molar refractivity (Wildman–Crippen MR) is 63.8 cm³/mol. The topological polar surface area (TPSA) is 32.7 Å². The van der Waals surface area contributed by atoms with Crippen LogP contribution in [0.25, 0.3) is 0 Å². The van der Waals surface area contributed by atoms with Gasteiger partial charge in [0.05, 0.1) is 13.2 Å². The maximum absolute atomic E-state index is 9.21. The third-order valence-electron chi connectivity index (χ3n) is 2.85. The number of halogens is 1. The van der Waals surface area contributed by atoms with Gasteiger partial charge in [-0.3, -0.25) is 4.90 Å². The van der Waals surface area contributed by atoms with Gasteiger partial charge in [-0.1, -0.05) is 12.1 Å². The van der Waals surface area contributed by atoms with E-state index in [1.165, 1.54) is 5.56 Å². The van der Waals surface area contributed by atoms with Gasteiger partial charge >= 0.3 is 0 Å². The molecule has 1 aromatic rings. The van der Waals surface area contributed by atoms with E-state index >= 15 is 0 Å². The highest BCUT2D eigenvalue weighted by molar-refractivity contribution is 6.18. The van der Waals surface area contributed by atoms with Gasteiger partial charge < -0.3 is 9.84 Å². The summed E-state index contributed by atoms with van der Waals surface area (Å²) >= 11 is 5.90. The molecule has 1 atom stereocenters. The second-order valence-corrected chi connectivity index (χ2v) is 4.33. The van der Waals surface area contributed by atoms with Crippen molar-refractivity contribution in [2.45, 2.75) is 12.6 Å². The first-order valence-electron chi connectivity index (χ1n) is 5.45. The lowest BCUT2D eigenvalue weighted by atomic mass is 10.1. The van der Waals surface area contributed by atoms with Crippen molar-refractivity contribution in [1.82, 2.24) is 4.90 Å². The molecule has 1 heterocycles. The van der Waals surface area contributed by atoms with Crippen LogP contribution in [-0.4, -0.2) is 41.7 Å². The molecule has 1 aromatic carbocycles. The number of aromatic hydroxyl groups is 1. The van der Waals surface area contributed by atoms with Gasteiger partial charge in [-0.2, -0.15) is 0 Å². The number of hydrogen-bond acceptors (Lipinski definition) is 3. The maximum Gasteiger partial charge on any atom is 0.115 e. The number of benzene rings is 1. The first kappa shape index (κ1) is 11.7. The molecule has 0 aromatic heterocycles. The fraction of sp³-hybridized carbons (Fsp3) is 0.500. The summed E-state index contributed by atoms with van der Waals surface area (Å²) in [6.45, 7) is 3.26. The third-order valence-corrected chi connectivity index (χ3v) is 3.21. The van der Waals surface area contributed by atoms with E-state index in [9.17, 15) is 5.11 Å². The van der Waals surface area contributed by atoms with Crippen LogP contribution in [0.5, 0.6) is 5.75 Å². The van der Waals surface area contributed by atoms with Crippen LogP contribution in [0, 0.1) is 0 Å². The minimum Gasteiger partial charge on any atom is -0.508 e. The molecule has 1 unspecified atom stereocenters. The third kappa shape index (κ3) is 2.88. The molecule has 0 bridgehead atoms. The Morgan fingerprint density at radius 1 is 1.38 bits per heavy atom. The van der Waals surface area contributed by atoms with Gasteiger partial charge in [-0.15, -0.1) is 11.6 Å². The van der Waals surface area contributed by atoms with Crippen molar-refractivity contribution in [3.8, 4) is 5.75 Å². The summed E-state index contributed by atoms with van der Waals surface area (Å²) in [5.41, 5.74) is 1.19. The van der Waals surface area contributed by atoms with E-state index < -0.39 is 0 Å². The number of hydrogen-bond donors (Lipinski definition) is 1. The van der Waals surface area contributed by atoms with Crippen molar-refractivity contribution in [3.63, 3.8) is 0 Å². The Balaban J connectivity index is 1.99. The van der Waals surface area contributed by atoms with Crippen molar-refractivity contribution < 1.29 is 9.84 Å². The monoisotopic (exact) mass is 241 g/mol. The lowest BCUT2D eigenvalue weighted by Crippen LogP contribution is -2.45. The largest absolute Gasteiger partial charge is 0.508 e. The zero-order valence-electron chi connectivity index (χ0n) is 9.10. The number of phenols is 1. The minimum absolute atomic E-state index is 0.296. The molecule has 2 rings (SSSR count). The summed E-state index contributed by atoms with van der Waals surface area (Å²) in [7, 11) is 0. The summed E-state index contributed by atoms with van der Waals surface area (Å²) in [5, 5.41) is 9.21. The Kier molecular flexibility index (Phi) is 4.04. The fourth-order valence-electron chi connectivity index (χ4n) is 1.88. The highest BCUT2D eigenvalue weighted by Gasteiger charge is 2.21. The van der Waals surface area contributed by atoms with Gasteiger partial charge in [-0.05, 0) is 17.7 Å². The Hall–Kier alpha value is -0.770. The van der Waals surface area contributed by atoms with Crippen LogP contribution in [0.2, 0.25) is 0 Å². The molecular weight excluding hydrogens is 226 g/mol. The summed E-state index contributed by atoms with van der Waals surface area (Å²) < 4.78 is 5.39. The highest BCUT2D eigenvalue weighted by atomic mass is 35.5. The Bertz CT molecular complexity index is 328. The molecule has 4 heteroatoms. The zero-order valence-corrected chi connectivity index (χ0v) is 9.86. The van der Waals surface area contributed by atoms with Gasteiger partial charge in [0.1, 0.15) is 5.75 Å². The number of rotatable bonds is 3. The van der Waals surface area contributed by atoms with Crippen LogP contribution in [0.1, 0.15) is 5.56 Å². The summed E-state index contributed by atoms with van der Waals surface area (Å²) in [6, 6.07) is 7.60. The standard InChI is InChI=1S/C12H16ClNO2/c13-7-11-9-16-6-5-14(11)8-10-1-3-12(15)4-2-10/h1-4,11,15H,5-9H2. The van der Waals surface area contributed by atoms with Crippen LogP contribution in [-0.2, 0) is 11.3 Å². The number of ether oxygens (including phenoxy) is 1. The summed E-state index contributed by atoms with van der Waals surface area (Å²) in [4.78, 5) is 2.32. The van der Waals surface area contributed by atoms with Crippen LogP contribution >= 0.6 is 11.6 Å². The van der Waals surface area contributed by atoms with E-state index in [4.69, 9.17) is 16.3 Å². The average Bonchev–Trinajstić information content (AvgIpc) is 2.33. The Morgan fingerprint density at radius 3 is 2.81 bits per heavy atom. The highest BCUT2D eigenvalue weighted by Crippen LogP contribution is 2.15. The molecule has 1 aliphatic rings. The normalized spacial score (nSPS) is 22.2. The van der Waals surface area contributed by atoms with Crippen molar-refractivity contribution in [2.24, 2.45) is 0 Å². The lowest BCUT2D eigenvalue weighted by molar-refractivity contribution is -0.00304. The SMILES string of the molecule is Oc1ccc(CN2CCOCC2CCl)cc1. The van der Waals surface area contributed by atoms with Crippen molar-refractivity contribution in [1.29, 1.82) is 0 Å². The van der Waals surface area contributed by atoms with Crippen molar-refractivity contribution >= 4 is 11.6 Å². The maximum atomic E-state index is 9.21. The molecule has 3 nitrogen and oxygen atoms in total. The number of nitrogens with zero attached hydrogens (tertiary/aromatic N) is 1. The number of alkyl halides is 1. The molecule has 16 heavy (non-hydrogen) atoms. The molecule has 0 spiro atoms. The average molecular weight is 242 g/mol. The smallest absolute Gasteiger partial charge is 0.115 e. The van der Waals surface area contributed by atoms with Gasteiger partial charge in [0.15, 0.2) is 0 Å². The zero-order chi connectivity index (χ0) is 11.4. The minimum atomic E-state index is 0.296. The fourth-order valence-corrected chi connectivity index (χ4v) is 2.16. The molecule has 1 fully saturated rings. The van der Waals surface area contributed by atoms with E-state index in [0.717, 1.165) is 19.7 Å². The molecule has 88 valence electrons. The second-order valence-electron chi connectivity index (χ2n) is 4.02. The van der Waals surface area contributed by atoms with Crippen LogP contribution < -0.4 is 0 Å². The summed E-state index contributed by atoms with van der Waals surface area (Å²) in [6.07, 6.45) is 0. The van der Waals surface area contributed by atoms with Crippen LogP contribution in [0.15, 0.2) is 24.3 Å². The molecule has 0 amide bonds. The first-order chi connectivity index (χ1) is 7.79. The Labute approximate surface area is 101 Å². The van der Waals surface area contributed by atoms with Crippen molar-refractivity contribution in [2.75, 3.05) is 25.6 Å². The van der Waals surface area contributed by atoms with E-state index in [1.807, 2.05) is 12.1 Å². The van der Waals surface area contributed by atoms with E-state index in [0.29, 0.717) is 24.3 Å². The van der Waals surface area contributed by atoms with E-state index in [-0.39, 0.29) is 0 Å². The molecule has 1 aliphatic heterocycles. The summed E-state index contributed by atoms with van der Waals surface area (Å²) in [5.74, 6) is 0.901. The van der Waals surface area contributed by atoms with Crippen LogP contribution in [0.3, 0.4) is 0 Å². The molecule has 1 N–H and O–H groups in total. The molecule has 1 saturated heterocycles. The van der Waals surface area contributed by atoms with Gasteiger partial charge in [-0.25, -0.2) is 0 Å². The Morgan fingerprint density at radius 2 is 2.12 bits per heavy atom. The molecular formula is C12H16ClNO2. The van der Waals surface area contributed by atoms with Gasteiger partial charge in [0.25, 0.3) is 0 Å².